The summed E-state index contributed by atoms with van der Waals surface area (Å²) < 4.78 is 5.18. The fraction of sp³-hybridized carbons (Fsp3) is 0.529. The normalized spacial score (nSPS) is 24.1. The summed E-state index contributed by atoms with van der Waals surface area (Å²) in [5, 5.41) is 0. The number of methoxy groups -OCH3 is 1. The highest BCUT2D eigenvalue weighted by atomic mass is 16.5. The lowest BCUT2D eigenvalue weighted by Crippen LogP contribution is -2.45. The van der Waals surface area contributed by atoms with Gasteiger partial charge < -0.3 is 4.74 Å². The van der Waals surface area contributed by atoms with E-state index in [1.54, 1.807) is 31.4 Å². The SMILES string of the molecule is COc1cccc(N2C(=O)C[C@@H](N3CCC(C)CC3)C2=O)c1. The van der Waals surface area contributed by atoms with Crippen molar-refractivity contribution in [2.24, 2.45) is 5.92 Å². The third-order valence-corrected chi connectivity index (χ3v) is 4.69. The Morgan fingerprint density at radius 1 is 1.18 bits per heavy atom. The summed E-state index contributed by atoms with van der Waals surface area (Å²) in [5.41, 5.74) is 0.599. The van der Waals surface area contributed by atoms with Crippen LogP contribution in [0.4, 0.5) is 5.69 Å². The van der Waals surface area contributed by atoms with Gasteiger partial charge in [0.25, 0.3) is 5.91 Å². The smallest absolute Gasteiger partial charge is 0.251 e. The predicted molar refractivity (Wildman–Crippen MR) is 83.9 cm³/mol. The molecule has 0 spiro atoms. The van der Waals surface area contributed by atoms with Crippen molar-refractivity contribution in [3.05, 3.63) is 24.3 Å². The van der Waals surface area contributed by atoms with E-state index in [4.69, 9.17) is 4.74 Å². The molecular weight excluding hydrogens is 280 g/mol. The maximum Gasteiger partial charge on any atom is 0.251 e. The van der Waals surface area contributed by atoms with Gasteiger partial charge in [-0.1, -0.05) is 13.0 Å². The van der Waals surface area contributed by atoms with Crippen molar-refractivity contribution >= 4 is 17.5 Å². The minimum atomic E-state index is -0.300. The van der Waals surface area contributed by atoms with Gasteiger partial charge in [0, 0.05) is 6.07 Å². The molecule has 22 heavy (non-hydrogen) atoms. The first-order valence-electron chi connectivity index (χ1n) is 7.85. The van der Waals surface area contributed by atoms with Gasteiger partial charge in [-0.2, -0.15) is 0 Å². The van der Waals surface area contributed by atoms with Crippen LogP contribution in [0.2, 0.25) is 0 Å². The molecule has 0 aliphatic carbocycles. The zero-order chi connectivity index (χ0) is 15.7. The van der Waals surface area contributed by atoms with Gasteiger partial charge in [-0.05, 0) is 44.0 Å². The molecule has 0 bridgehead atoms. The molecule has 1 aromatic rings. The second-order valence-corrected chi connectivity index (χ2v) is 6.21. The van der Waals surface area contributed by atoms with Crippen LogP contribution >= 0.6 is 0 Å². The van der Waals surface area contributed by atoms with E-state index in [0.717, 1.165) is 25.9 Å². The maximum absolute atomic E-state index is 12.7. The lowest BCUT2D eigenvalue weighted by atomic mass is 9.97. The summed E-state index contributed by atoms with van der Waals surface area (Å²) >= 11 is 0. The number of nitrogens with zero attached hydrogens (tertiary/aromatic N) is 2. The van der Waals surface area contributed by atoms with Crippen LogP contribution in [0.1, 0.15) is 26.2 Å². The van der Waals surface area contributed by atoms with Crippen LogP contribution in [0.5, 0.6) is 5.75 Å². The summed E-state index contributed by atoms with van der Waals surface area (Å²) in [4.78, 5) is 28.5. The van der Waals surface area contributed by atoms with Crippen LogP contribution in [0.3, 0.4) is 0 Å². The fourth-order valence-corrected chi connectivity index (χ4v) is 3.26. The Hall–Kier alpha value is -1.88. The number of piperidine rings is 1. The Bertz CT molecular complexity index is 579. The number of carbonyl (C=O) groups excluding carboxylic acids is 2. The number of hydrogen-bond donors (Lipinski definition) is 0. The second-order valence-electron chi connectivity index (χ2n) is 6.21. The average molecular weight is 302 g/mol. The molecule has 5 heteroatoms. The van der Waals surface area contributed by atoms with Crippen molar-refractivity contribution < 1.29 is 14.3 Å². The molecule has 1 atom stereocenters. The minimum Gasteiger partial charge on any atom is -0.497 e. The van der Waals surface area contributed by atoms with E-state index in [-0.39, 0.29) is 24.3 Å². The third-order valence-electron chi connectivity index (χ3n) is 4.69. The van der Waals surface area contributed by atoms with Gasteiger partial charge in [-0.25, -0.2) is 4.90 Å². The largest absolute Gasteiger partial charge is 0.497 e. The topological polar surface area (TPSA) is 49.9 Å². The summed E-state index contributed by atoms with van der Waals surface area (Å²) in [6.07, 6.45) is 2.47. The summed E-state index contributed by atoms with van der Waals surface area (Å²) in [7, 11) is 1.57. The number of likely N-dealkylation sites (tertiary alicyclic amines) is 1. The quantitative estimate of drug-likeness (QED) is 0.802. The summed E-state index contributed by atoms with van der Waals surface area (Å²) in [6, 6.07) is 6.81. The van der Waals surface area contributed by atoms with Crippen molar-refractivity contribution in [1.29, 1.82) is 0 Å². The first kappa shape index (κ1) is 15.0. The molecule has 118 valence electrons. The Morgan fingerprint density at radius 2 is 1.91 bits per heavy atom. The first-order chi connectivity index (χ1) is 10.6. The Labute approximate surface area is 130 Å². The van der Waals surface area contributed by atoms with E-state index in [9.17, 15) is 9.59 Å². The predicted octanol–water partition coefficient (Wildman–Crippen LogP) is 2.06. The van der Waals surface area contributed by atoms with Crippen LogP contribution in [-0.4, -0.2) is 43.0 Å². The molecule has 2 fully saturated rings. The first-order valence-corrected chi connectivity index (χ1v) is 7.85. The maximum atomic E-state index is 12.7. The highest BCUT2D eigenvalue weighted by Crippen LogP contribution is 2.30. The number of carbonyl (C=O) groups is 2. The molecule has 0 aromatic heterocycles. The molecule has 0 radical (unpaired) electrons. The van der Waals surface area contributed by atoms with Crippen LogP contribution < -0.4 is 9.64 Å². The van der Waals surface area contributed by atoms with Crippen LogP contribution in [0, 0.1) is 5.92 Å². The number of hydrogen-bond acceptors (Lipinski definition) is 4. The van der Waals surface area contributed by atoms with E-state index >= 15 is 0 Å². The number of amides is 2. The van der Waals surface area contributed by atoms with Gasteiger partial charge in [0.1, 0.15) is 5.75 Å². The van der Waals surface area contributed by atoms with Crippen molar-refractivity contribution in [3.63, 3.8) is 0 Å². The lowest BCUT2D eigenvalue weighted by molar-refractivity contribution is -0.123. The summed E-state index contributed by atoms with van der Waals surface area (Å²) in [6.45, 7) is 4.04. The van der Waals surface area contributed by atoms with Crippen LogP contribution in [0.25, 0.3) is 0 Å². The van der Waals surface area contributed by atoms with Crippen LogP contribution in [0.15, 0.2) is 24.3 Å². The van der Waals surface area contributed by atoms with Gasteiger partial charge in [0.05, 0.1) is 25.3 Å². The number of benzene rings is 1. The van der Waals surface area contributed by atoms with Gasteiger partial charge in [-0.15, -0.1) is 0 Å². The van der Waals surface area contributed by atoms with Crippen molar-refractivity contribution in [2.45, 2.75) is 32.2 Å². The van der Waals surface area contributed by atoms with Crippen molar-refractivity contribution in [1.82, 2.24) is 4.90 Å². The molecule has 2 saturated heterocycles. The number of rotatable bonds is 3. The van der Waals surface area contributed by atoms with Crippen molar-refractivity contribution in [3.8, 4) is 5.75 Å². The average Bonchev–Trinajstić information content (AvgIpc) is 2.83. The van der Waals surface area contributed by atoms with Gasteiger partial charge in [-0.3, -0.25) is 14.5 Å². The lowest BCUT2D eigenvalue weighted by Gasteiger charge is -2.33. The Balaban J connectivity index is 1.79. The third kappa shape index (κ3) is 2.73. The number of imide groups is 1. The van der Waals surface area contributed by atoms with Gasteiger partial charge in [0.2, 0.25) is 5.91 Å². The standard InChI is InChI=1S/C17H22N2O3/c1-12-6-8-18(9-7-12)15-11-16(20)19(17(15)21)13-4-3-5-14(10-13)22-2/h3-5,10,12,15H,6-9,11H2,1-2H3/t15-/m1/s1. The minimum absolute atomic E-state index is 0.104. The number of anilines is 1. The monoisotopic (exact) mass is 302 g/mol. The molecule has 5 nitrogen and oxygen atoms in total. The van der Waals surface area contributed by atoms with Gasteiger partial charge >= 0.3 is 0 Å². The summed E-state index contributed by atoms with van der Waals surface area (Å²) in [5.74, 6) is 1.13. The molecule has 2 aliphatic rings. The molecule has 2 heterocycles. The molecular formula is C17H22N2O3. The molecule has 0 N–H and O–H groups in total. The molecule has 2 aliphatic heterocycles. The second kappa shape index (κ2) is 6.08. The van der Waals surface area contributed by atoms with Gasteiger partial charge in [0.15, 0.2) is 0 Å². The molecule has 1 aromatic carbocycles. The molecule has 3 rings (SSSR count). The molecule has 2 amide bonds. The van der Waals surface area contributed by atoms with E-state index in [2.05, 4.69) is 11.8 Å². The van der Waals surface area contributed by atoms with Crippen molar-refractivity contribution in [2.75, 3.05) is 25.1 Å². The zero-order valence-electron chi connectivity index (χ0n) is 13.1. The Morgan fingerprint density at radius 3 is 2.59 bits per heavy atom. The molecule has 0 unspecified atom stereocenters. The van der Waals surface area contributed by atoms with E-state index < -0.39 is 0 Å². The number of ether oxygens (including phenoxy) is 1. The fourth-order valence-electron chi connectivity index (χ4n) is 3.26. The van der Waals surface area contributed by atoms with E-state index in [0.29, 0.717) is 17.4 Å². The van der Waals surface area contributed by atoms with E-state index in [1.807, 2.05) is 0 Å². The zero-order valence-corrected chi connectivity index (χ0v) is 13.1. The molecule has 0 saturated carbocycles. The highest BCUT2D eigenvalue weighted by Gasteiger charge is 2.43. The highest BCUT2D eigenvalue weighted by molar-refractivity contribution is 6.22. The Kier molecular flexibility index (Phi) is 4.16. The van der Waals surface area contributed by atoms with Crippen LogP contribution in [-0.2, 0) is 9.59 Å². The van der Waals surface area contributed by atoms with E-state index in [1.165, 1.54) is 4.90 Å².